The first-order chi connectivity index (χ1) is 9.69. The molecule has 4 nitrogen and oxygen atoms in total. The highest BCUT2D eigenvalue weighted by molar-refractivity contribution is 6.02. The van der Waals surface area contributed by atoms with Crippen molar-refractivity contribution >= 4 is 17.8 Å². The molecule has 1 heterocycles. The number of hydrogen-bond donors (Lipinski definition) is 1. The maximum atomic E-state index is 11.8. The Bertz CT molecular complexity index is 619. The molecule has 20 heavy (non-hydrogen) atoms. The predicted molar refractivity (Wildman–Crippen MR) is 79.6 cm³/mol. The summed E-state index contributed by atoms with van der Waals surface area (Å²) in [5.41, 5.74) is 2.16. The van der Waals surface area contributed by atoms with E-state index in [1.54, 1.807) is 24.4 Å². The minimum absolute atomic E-state index is 0.248. The molecule has 0 aliphatic heterocycles. The van der Waals surface area contributed by atoms with Gasteiger partial charge in [0.1, 0.15) is 0 Å². The van der Waals surface area contributed by atoms with E-state index >= 15 is 0 Å². The Hall–Kier alpha value is -2.62. The summed E-state index contributed by atoms with van der Waals surface area (Å²) in [7, 11) is 1.54. The minimum Gasteiger partial charge on any atom is -0.493 e. The van der Waals surface area contributed by atoms with E-state index in [2.05, 4.69) is 10.3 Å². The summed E-state index contributed by atoms with van der Waals surface area (Å²) in [4.78, 5) is 15.9. The lowest BCUT2D eigenvalue weighted by Gasteiger charge is -2.06. The van der Waals surface area contributed by atoms with Crippen molar-refractivity contribution in [2.45, 2.75) is 6.92 Å². The molecule has 1 aromatic carbocycles. The number of pyridine rings is 1. The number of nitrogens with zero attached hydrogens (tertiary/aromatic N) is 1. The van der Waals surface area contributed by atoms with Gasteiger partial charge in [-0.05, 0) is 30.7 Å². The van der Waals surface area contributed by atoms with E-state index in [1.165, 1.54) is 18.7 Å². The molecule has 1 N–H and O–H groups in total. The number of aryl methyl sites for hydroxylation is 1. The zero-order chi connectivity index (χ0) is 14.4. The molecule has 4 heteroatoms. The number of carbonyl (C=O) groups excluding carboxylic acids is 1. The average molecular weight is 268 g/mol. The van der Waals surface area contributed by atoms with Gasteiger partial charge >= 0.3 is 0 Å². The molecule has 0 aliphatic carbocycles. The van der Waals surface area contributed by atoms with E-state index in [-0.39, 0.29) is 5.91 Å². The highest BCUT2D eigenvalue weighted by Gasteiger charge is 2.05. The van der Waals surface area contributed by atoms with Crippen molar-refractivity contribution in [2.24, 2.45) is 0 Å². The molecule has 1 aromatic heterocycles. The Labute approximate surface area is 118 Å². The van der Waals surface area contributed by atoms with Crippen LogP contribution >= 0.6 is 0 Å². The van der Waals surface area contributed by atoms with Crippen molar-refractivity contribution in [1.82, 2.24) is 4.98 Å². The molecular weight excluding hydrogens is 252 g/mol. The summed E-state index contributed by atoms with van der Waals surface area (Å²) < 4.78 is 5.12. The van der Waals surface area contributed by atoms with Gasteiger partial charge in [0.05, 0.1) is 7.11 Å². The molecule has 0 bridgehead atoms. The van der Waals surface area contributed by atoms with Gasteiger partial charge in [0, 0.05) is 12.3 Å². The topological polar surface area (TPSA) is 51.2 Å². The van der Waals surface area contributed by atoms with Crippen LogP contribution in [0.15, 0.2) is 48.7 Å². The minimum atomic E-state index is -0.248. The maximum Gasteiger partial charge on any atom is 0.249 e. The number of benzene rings is 1. The largest absolute Gasteiger partial charge is 0.493 e. The van der Waals surface area contributed by atoms with Gasteiger partial charge in [-0.3, -0.25) is 4.79 Å². The Kier molecular flexibility index (Phi) is 4.50. The summed E-state index contributed by atoms with van der Waals surface area (Å²) in [5.74, 6) is 0.695. The summed E-state index contributed by atoms with van der Waals surface area (Å²) in [5, 5.41) is 2.68. The molecule has 2 rings (SSSR count). The van der Waals surface area contributed by atoms with Crippen LogP contribution in [-0.2, 0) is 4.79 Å². The molecule has 0 fully saturated rings. The maximum absolute atomic E-state index is 11.8. The highest BCUT2D eigenvalue weighted by Crippen LogP contribution is 2.19. The molecule has 2 aromatic rings. The van der Waals surface area contributed by atoms with E-state index in [4.69, 9.17) is 4.74 Å². The van der Waals surface area contributed by atoms with Crippen molar-refractivity contribution in [3.63, 3.8) is 0 Å². The Morgan fingerprint density at radius 1 is 1.25 bits per heavy atom. The number of methoxy groups -OCH3 is 1. The lowest BCUT2D eigenvalue weighted by atomic mass is 10.1. The first-order valence-corrected chi connectivity index (χ1v) is 6.24. The second-order valence-electron chi connectivity index (χ2n) is 4.29. The van der Waals surface area contributed by atoms with E-state index in [0.29, 0.717) is 11.6 Å². The Morgan fingerprint density at radius 2 is 2.00 bits per heavy atom. The molecular formula is C16H16N2O2. The van der Waals surface area contributed by atoms with Crippen molar-refractivity contribution in [1.29, 1.82) is 0 Å². The first kappa shape index (κ1) is 13.8. The number of hydrogen-bond acceptors (Lipinski definition) is 3. The van der Waals surface area contributed by atoms with Gasteiger partial charge in [0.25, 0.3) is 0 Å². The quantitative estimate of drug-likeness (QED) is 0.867. The molecule has 1 amide bonds. The third-order valence-electron chi connectivity index (χ3n) is 2.74. The van der Waals surface area contributed by atoms with Gasteiger partial charge in [0.2, 0.25) is 5.91 Å². The third kappa shape index (κ3) is 3.68. The molecule has 0 atom stereocenters. The lowest BCUT2D eigenvalue weighted by Crippen LogP contribution is -2.10. The summed E-state index contributed by atoms with van der Waals surface area (Å²) in [6, 6.07) is 11.4. The van der Waals surface area contributed by atoms with Crippen LogP contribution in [-0.4, -0.2) is 18.0 Å². The number of anilines is 1. The fourth-order valence-corrected chi connectivity index (χ4v) is 1.66. The van der Waals surface area contributed by atoms with Gasteiger partial charge in [-0.2, -0.15) is 0 Å². The van der Waals surface area contributed by atoms with Crippen LogP contribution in [0.4, 0.5) is 5.82 Å². The first-order valence-electron chi connectivity index (χ1n) is 6.24. The van der Waals surface area contributed by atoms with E-state index < -0.39 is 0 Å². The van der Waals surface area contributed by atoms with Gasteiger partial charge < -0.3 is 10.1 Å². The summed E-state index contributed by atoms with van der Waals surface area (Å²) in [6.45, 7) is 2.02. The van der Waals surface area contributed by atoms with Gasteiger partial charge in [-0.25, -0.2) is 4.98 Å². The van der Waals surface area contributed by atoms with E-state index in [1.807, 2.05) is 31.2 Å². The summed E-state index contributed by atoms with van der Waals surface area (Å²) >= 11 is 0. The Morgan fingerprint density at radius 3 is 2.70 bits per heavy atom. The standard InChI is InChI=1S/C16H16N2O2/c1-12-5-7-13(8-6-12)9-10-15(19)18-16-14(20-2)4-3-11-17-16/h3-11H,1-2H3,(H,17,18,19)/b10-9+. The Balaban J connectivity index is 2.03. The monoisotopic (exact) mass is 268 g/mol. The van der Waals surface area contributed by atoms with Crippen LogP contribution in [0.3, 0.4) is 0 Å². The zero-order valence-electron chi connectivity index (χ0n) is 11.5. The smallest absolute Gasteiger partial charge is 0.249 e. The van der Waals surface area contributed by atoms with Gasteiger partial charge in [-0.15, -0.1) is 0 Å². The van der Waals surface area contributed by atoms with Crippen molar-refractivity contribution in [3.8, 4) is 5.75 Å². The van der Waals surface area contributed by atoms with Gasteiger partial charge in [0.15, 0.2) is 11.6 Å². The molecule has 0 saturated carbocycles. The van der Waals surface area contributed by atoms with E-state index in [0.717, 1.165) is 5.56 Å². The average Bonchev–Trinajstić information content (AvgIpc) is 2.47. The van der Waals surface area contributed by atoms with E-state index in [9.17, 15) is 4.79 Å². The second kappa shape index (κ2) is 6.52. The number of nitrogens with one attached hydrogen (secondary N) is 1. The summed E-state index contributed by atoms with van der Waals surface area (Å²) in [6.07, 6.45) is 4.82. The number of carbonyl (C=O) groups is 1. The fraction of sp³-hybridized carbons (Fsp3) is 0.125. The number of amides is 1. The SMILES string of the molecule is COc1cccnc1NC(=O)/C=C/c1ccc(C)cc1. The predicted octanol–water partition coefficient (Wildman–Crippen LogP) is 3.05. The van der Waals surface area contributed by atoms with Crippen molar-refractivity contribution in [2.75, 3.05) is 12.4 Å². The van der Waals surface area contributed by atoms with Crippen molar-refractivity contribution < 1.29 is 9.53 Å². The van der Waals surface area contributed by atoms with Crippen LogP contribution in [0.25, 0.3) is 6.08 Å². The lowest BCUT2D eigenvalue weighted by molar-refractivity contribution is -0.111. The van der Waals surface area contributed by atoms with Crippen LogP contribution in [0, 0.1) is 6.92 Å². The molecule has 102 valence electrons. The molecule has 0 aliphatic rings. The van der Waals surface area contributed by atoms with Crippen LogP contribution in [0.1, 0.15) is 11.1 Å². The second-order valence-corrected chi connectivity index (χ2v) is 4.29. The third-order valence-corrected chi connectivity index (χ3v) is 2.74. The number of rotatable bonds is 4. The molecule has 0 saturated heterocycles. The van der Waals surface area contributed by atoms with Crippen LogP contribution in [0.5, 0.6) is 5.75 Å². The number of aromatic nitrogens is 1. The highest BCUT2D eigenvalue weighted by atomic mass is 16.5. The van der Waals surface area contributed by atoms with Gasteiger partial charge in [-0.1, -0.05) is 29.8 Å². The molecule has 0 spiro atoms. The molecule has 0 unspecified atom stereocenters. The van der Waals surface area contributed by atoms with Crippen LogP contribution < -0.4 is 10.1 Å². The van der Waals surface area contributed by atoms with Crippen molar-refractivity contribution in [3.05, 3.63) is 59.8 Å². The fourth-order valence-electron chi connectivity index (χ4n) is 1.66. The van der Waals surface area contributed by atoms with Crippen LogP contribution in [0.2, 0.25) is 0 Å². The normalized spacial score (nSPS) is 10.5. The zero-order valence-corrected chi connectivity index (χ0v) is 11.5. The number of ether oxygens (including phenoxy) is 1. The molecule has 0 radical (unpaired) electrons.